The number of ketones is 2. The van der Waals surface area contributed by atoms with Crippen molar-refractivity contribution in [3.8, 4) is 0 Å². The van der Waals surface area contributed by atoms with Crippen LogP contribution in [0.25, 0.3) is 0 Å². The van der Waals surface area contributed by atoms with E-state index in [0.717, 1.165) is 5.56 Å². The largest absolute Gasteiger partial charge is 0.351 e. The van der Waals surface area contributed by atoms with Crippen molar-refractivity contribution in [3.63, 3.8) is 0 Å². The van der Waals surface area contributed by atoms with Crippen LogP contribution < -0.4 is 5.32 Å². The van der Waals surface area contributed by atoms with E-state index in [1.54, 1.807) is 18.2 Å². The van der Waals surface area contributed by atoms with Crippen LogP contribution in [0.3, 0.4) is 0 Å². The fourth-order valence-corrected chi connectivity index (χ4v) is 4.19. The zero-order chi connectivity index (χ0) is 17.2. The molecule has 1 aliphatic carbocycles. The lowest BCUT2D eigenvalue weighted by Gasteiger charge is -2.03. The fourth-order valence-electron chi connectivity index (χ4n) is 3.01. The number of carbonyl (C=O) groups excluding carboxylic acids is 2. The summed E-state index contributed by atoms with van der Waals surface area (Å²) in [6.45, 7) is 0. The molecule has 1 N–H and O–H groups in total. The van der Waals surface area contributed by atoms with E-state index in [2.05, 4.69) is 37.2 Å². The maximum absolute atomic E-state index is 12.8. The molecule has 0 bridgehead atoms. The SMILES string of the molecule is O=C1/C(=C2\Nc3ccc(Br)c(Cl)c3C2=O)Cc2ccc(Br)c(Cl)c21. The highest BCUT2D eigenvalue weighted by Crippen LogP contribution is 2.42. The molecule has 2 aromatic carbocycles. The monoisotopic (exact) mass is 485 g/mol. The molecular formula is C17H7Br2Cl2NO2. The van der Waals surface area contributed by atoms with Gasteiger partial charge in [-0.05, 0) is 55.6 Å². The van der Waals surface area contributed by atoms with E-state index in [9.17, 15) is 9.59 Å². The van der Waals surface area contributed by atoms with Crippen LogP contribution in [-0.4, -0.2) is 11.6 Å². The first-order valence-corrected chi connectivity index (χ1v) is 9.28. The molecular weight excluding hydrogens is 481 g/mol. The fraction of sp³-hybridized carbons (Fsp3) is 0.0588. The number of Topliss-reactive ketones (excluding diaryl/α,β-unsaturated/α-hetero) is 2. The lowest BCUT2D eigenvalue weighted by molar-refractivity contribution is 0.101. The molecule has 1 aliphatic heterocycles. The molecule has 2 aromatic rings. The molecule has 0 fully saturated rings. The van der Waals surface area contributed by atoms with E-state index in [1.165, 1.54) is 0 Å². The summed E-state index contributed by atoms with van der Waals surface area (Å²) in [4.78, 5) is 25.6. The number of benzene rings is 2. The molecule has 2 aliphatic rings. The highest BCUT2D eigenvalue weighted by molar-refractivity contribution is 9.10. The Morgan fingerprint density at radius 3 is 2.21 bits per heavy atom. The minimum atomic E-state index is -0.275. The summed E-state index contributed by atoms with van der Waals surface area (Å²) in [6.07, 6.45) is 0.363. The number of carbonyl (C=O) groups is 2. The Balaban J connectivity index is 1.86. The van der Waals surface area contributed by atoms with Crippen LogP contribution in [0.15, 0.2) is 44.5 Å². The first kappa shape index (κ1) is 16.3. The zero-order valence-corrected chi connectivity index (χ0v) is 16.5. The Labute approximate surface area is 164 Å². The zero-order valence-electron chi connectivity index (χ0n) is 11.8. The molecule has 0 spiro atoms. The van der Waals surface area contributed by atoms with E-state index >= 15 is 0 Å². The van der Waals surface area contributed by atoms with Crippen molar-refractivity contribution >= 4 is 72.3 Å². The first-order chi connectivity index (χ1) is 11.4. The van der Waals surface area contributed by atoms with Gasteiger partial charge in [0.05, 0.1) is 27.0 Å². The summed E-state index contributed by atoms with van der Waals surface area (Å²) in [5.74, 6) is -0.502. The van der Waals surface area contributed by atoms with Crippen LogP contribution >= 0.6 is 55.1 Å². The van der Waals surface area contributed by atoms with Gasteiger partial charge in [0, 0.05) is 26.5 Å². The minimum absolute atomic E-state index is 0.227. The van der Waals surface area contributed by atoms with E-state index in [4.69, 9.17) is 23.2 Å². The van der Waals surface area contributed by atoms with Gasteiger partial charge in [-0.3, -0.25) is 9.59 Å². The van der Waals surface area contributed by atoms with E-state index in [0.29, 0.717) is 47.8 Å². The van der Waals surface area contributed by atoms with Crippen LogP contribution in [0, 0.1) is 0 Å². The second kappa shape index (κ2) is 5.70. The molecule has 0 aromatic heterocycles. The van der Waals surface area contributed by atoms with Gasteiger partial charge in [0.1, 0.15) is 0 Å². The quantitative estimate of drug-likeness (QED) is 0.476. The van der Waals surface area contributed by atoms with Gasteiger partial charge in [-0.15, -0.1) is 0 Å². The normalized spacial score (nSPS) is 18.7. The van der Waals surface area contributed by atoms with Crippen LogP contribution in [0.5, 0.6) is 0 Å². The van der Waals surface area contributed by atoms with Gasteiger partial charge in [0.2, 0.25) is 5.78 Å². The number of anilines is 1. The Morgan fingerprint density at radius 1 is 0.875 bits per heavy atom. The van der Waals surface area contributed by atoms with Crippen molar-refractivity contribution in [2.75, 3.05) is 5.32 Å². The summed E-state index contributed by atoms with van der Waals surface area (Å²) in [6, 6.07) is 7.16. The lowest BCUT2D eigenvalue weighted by Crippen LogP contribution is -2.10. The molecule has 0 radical (unpaired) electrons. The number of halogens is 4. The topological polar surface area (TPSA) is 46.2 Å². The number of rotatable bonds is 0. The first-order valence-electron chi connectivity index (χ1n) is 6.94. The van der Waals surface area contributed by atoms with E-state index in [1.807, 2.05) is 6.07 Å². The van der Waals surface area contributed by atoms with Crippen molar-refractivity contribution in [2.45, 2.75) is 6.42 Å². The molecule has 120 valence electrons. The molecule has 0 atom stereocenters. The Hall–Kier alpha value is -1.14. The van der Waals surface area contributed by atoms with Crippen LogP contribution in [0.4, 0.5) is 5.69 Å². The van der Waals surface area contributed by atoms with Crippen molar-refractivity contribution in [2.24, 2.45) is 0 Å². The number of nitrogens with one attached hydrogen (secondary N) is 1. The van der Waals surface area contributed by atoms with Gasteiger partial charge in [-0.1, -0.05) is 29.3 Å². The summed E-state index contributed by atoms with van der Waals surface area (Å²) < 4.78 is 1.29. The predicted octanol–water partition coefficient (Wildman–Crippen LogP) is 5.82. The molecule has 0 amide bonds. The Morgan fingerprint density at radius 2 is 1.50 bits per heavy atom. The average molecular weight is 488 g/mol. The highest BCUT2D eigenvalue weighted by atomic mass is 79.9. The molecule has 24 heavy (non-hydrogen) atoms. The number of hydrogen-bond acceptors (Lipinski definition) is 3. The molecule has 4 rings (SSSR count). The van der Waals surface area contributed by atoms with Crippen LogP contribution in [0.2, 0.25) is 10.0 Å². The molecule has 7 heteroatoms. The van der Waals surface area contributed by atoms with Crippen molar-refractivity contribution in [3.05, 3.63) is 71.2 Å². The summed E-state index contributed by atoms with van der Waals surface area (Å²) >= 11 is 19.1. The van der Waals surface area contributed by atoms with Gasteiger partial charge in [0.25, 0.3) is 0 Å². The lowest BCUT2D eigenvalue weighted by atomic mass is 10.0. The third-order valence-electron chi connectivity index (χ3n) is 4.16. The van der Waals surface area contributed by atoms with E-state index in [-0.39, 0.29) is 17.3 Å². The van der Waals surface area contributed by atoms with Gasteiger partial charge in [-0.25, -0.2) is 0 Å². The maximum Gasteiger partial charge on any atom is 0.213 e. The van der Waals surface area contributed by atoms with Crippen LogP contribution in [0.1, 0.15) is 26.3 Å². The minimum Gasteiger partial charge on any atom is -0.351 e. The molecule has 0 saturated carbocycles. The molecule has 1 heterocycles. The predicted molar refractivity (Wildman–Crippen MR) is 101 cm³/mol. The highest BCUT2D eigenvalue weighted by Gasteiger charge is 2.37. The number of allylic oxidation sites excluding steroid dienone is 2. The Kier molecular flexibility index (Phi) is 3.88. The van der Waals surface area contributed by atoms with Gasteiger partial charge >= 0.3 is 0 Å². The summed E-state index contributed by atoms with van der Waals surface area (Å²) in [7, 11) is 0. The van der Waals surface area contributed by atoms with Crippen molar-refractivity contribution in [1.82, 2.24) is 0 Å². The van der Waals surface area contributed by atoms with Crippen LogP contribution in [-0.2, 0) is 6.42 Å². The van der Waals surface area contributed by atoms with Gasteiger partial charge in [-0.2, -0.15) is 0 Å². The smallest absolute Gasteiger partial charge is 0.213 e. The summed E-state index contributed by atoms with van der Waals surface area (Å²) in [5.41, 5.74) is 2.94. The molecule has 0 saturated heterocycles. The van der Waals surface area contributed by atoms with Crippen molar-refractivity contribution in [1.29, 1.82) is 0 Å². The van der Waals surface area contributed by atoms with Gasteiger partial charge in [0.15, 0.2) is 5.78 Å². The number of fused-ring (bicyclic) bond motifs is 2. The van der Waals surface area contributed by atoms with E-state index < -0.39 is 0 Å². The molecule has 0 unspecified atom stereocenters. The standard InChI is InChI=1S/C17H7Br2Cl2NO2/c18-8-2-1-6-5-7(16(23)11(6)13(8)20)15-17(24)12-10(22-15)4-3-9(19)14(12)21/h1-4,22H,5H2/b15-7-. The second-order valence-corrected chi connectivity index (χ2v) is 7.96. The van der Waals surface area contributed by atoms with Gasteiger partial charge < -0.3 is 5.32 Å². The molecule has 3 nitrogen and oxygen atoms in total. The second-order valence-electron chi connectivity index (χ2n) is 5.49. The Bertz CT molecular complexity index is 919. The summed E-state index contributed by atoms with van der Waals surface area (Å²) in [5, 5.41) is 3.75. The average Bonchev–Trinajstić information content (AvgIpc) is 3.05. The number of hydrogen-bond donors (Lipinski definition) is 1. The maximum atomic E-state index is 12.8. The third kappa shape index (κ3) is 2.22. The van der Waals surface area contributed by atoms with Crippen molar-refractivity contribution < 1.29 is 9.59 Å². The third-order valence-corrected chi connectivity index (χ3v) is 6.72.